The van der Waals surface area contributed by atoms with Gasteiger partial charge in [-0.1, -0.05) is 29.8 Å². The molecule has 0 spiro atoms. The van der Waals surface area contributed by atoms with Gasteiger partial charge in [-0.15, -0.1) is 0 Å². The Morgan fingerprint density at radius 1 is 1.44 bits per heavy atom. The van der Waals surface area contributed by atoms with Gasteiger partial charge in [-0.25, -0.2) is 0 Å². The van der Waals surface area contributed by atoms with Crippen molar-refractivity contribution in [3.8, 4) is 5.75 Å². The number of halogens is 1. The predicted molar refractivity (Wildman–Crippen MR) is 79.5 cm³/mol. The average molecular weight is 312 g/mol. The second-order valence-corrected chi connectivity index (χ2v) is 6.26. The molecule has 0 aliphatic carbocycles. The maximum Gasteiger partial charge on any atom is 0.125 e. The summed E-state index contributed by atoms with van der Waals surface area (Å²) in [6, 6.07) is 4.98. The van der Waals surface area contributed by atoms with Crippen molar-refractivity contribution in [3.05, 3.63) is 27.7 Å². The number of ether oxygens (including phenoxy) is 1. The van der Waals surface area contributed by atoms with Crippen molar-refractivity contribution in [2.24, 2.45) is 0 Å². The normalized spacial score (nSPS) is 19.5. The number of hydrogen-bond acceptors (Lipinski definition) is 2. The quantitative estimate of drug-likeness (QED) is 0.911. The van der Waals surface area contributed by atoms with Crippen molar-refractivity contribution in [2.45, 2.75) is 45.1 Å². The molecule has 1 aliphatic rings. The number of methoxy groups -OCH3 is 1. The number of hydrogen-bond donors (Lipinski definition) is 1. The highest BCUT2D eigenvalue weighted by Gasteiger charge is 2.19. The minimum atomic E-state index is 0.479. The van der Waals surface area contributed by atoms with Gasteiger partial charge < -0.3 is 10.1 Å². The van der Waals surface area contributed by atoms with Gasteiger partial charge in [0.2, 0.25) is 0 Å². The SMILES string of the molecule is COc1c(CC2CCCN2)cc(Br)cc1C(C)C. The summed E-state index contributed by atoms with van der Waals surface area (Å²) in [5, 5.41) is 3.55. The molecule has 0 amide bonds. The Labute approximate surface area is 118 Å². The first kappa shape index (κ1) is 13.9. The third-order valence-corrected chi connectivity index (χ3v) is 4.07. The first-order chi connectivity index (χ1) is 8.61. The monoisotopic (exact) mass is 311 g/mol. The highest BCUT2D eigenvalue weighted by atomic mass is 79.9. The number of rotatable bonds is 4. The van der Waals surface area contributed by atoms with E-state index >= 15 is 0 Å². The standard InChI is InChI=1S/C15H22BrNO/c1-10(2)14-9-12(16)7-11(15(14)18-3)8-13-5-4-6-17-13/h7,9-10,13,17H,4-6,8H2,1-3H3. The Balaban J connectivity index is 2.31. The van der Waals surface area contributed by atoms with E-state index < -0.39 is 0 Å². The van der Waals surface area contributed by atoms with E-state index in [0.29, 0.717) is 12.0 Å². The summed E-state index contributed by atoms with van der Waals surface area (Å²) < 4.78 is 6.81. The van der Waals surface area contributed by atoms with E-state index in [0.717, 1.165) is 23.2 Å². The van der Waals surface area contributed by atoms with E-state index in [2.05, 4.69) is 47.2 Å². The number of nitrogens with one attached hydrogen (secondary N) is 1. The largest absolute Gasteiger partial charge is 0.496 e. The van der Waals surface area contributed by atoms with Gasteiger partial charge in [0, 0.05) is 10.5 Å². The molecule has 1 atom stereocenters. The Bertz CT molecular complexity index is 411. The minimum absolute atomic E-state index is 0.479. The van der Waals surface area contributed by atoms with Crippen LogP contribution in [-0.4, -0.2) is 19.7 Å². The third-order valence-electron chi connectivity index (χ3n) is 3.61. The zero-order valence-corrected chi connectivity index (χ0v) is 13.0. The van der Waals surface area contributed by atoms with Gasteiger partial charge in [0.05, 0.1) is 7.11 Å². The molecule has 2 rings (SSSR count). The van der Waals surface area contributed by atoms with E-state index in [1.54, 1.807) is 7.11 Å². The van der Waals surface area contributed by atoms with Gasteiger partial charge in [-0.05, 0) is 55.0 Å². The lowest BCUT2D eigenvalue weighted by Gasteiger charge is -2.19. The molecule has 1 aromatic carbocycles. The van der Waals surface area contributed by atoms with Gasteiger partial charge in [-0.2, -0.15) is 0 Å². The Hall–Kier alpha value is -0.540. The molecule has 1 saturated heterocycles. The first-order valence-corrected chi connectivity index (χ1v) is 7.50. The molecule has 1 aliphatic heterocycles. The summed E-state index contributed by atoms with van der Waals surface area (Å²) in [5.74, 6) is 1.55. The predicted octanol–water partition coefficient (Wildman–Crippen LogP) is 3.88. The van der Waals surface area contributed by atoms with Crippen LogP contribution >= 0.6 is 15.9 Å². The molecule has 1 N–H and O–H groups in total. The van der Waals surface area contributed by atoms with Crippen LogP contribution in [0.2, 0.25) is 0 Å². The molecule has 0 radical (unpaired) electrons. The van der Waals surface area contributed by atoms with Crippen LogP contribution in [0.1, 0.15) is 43.7 Å². The lowest BCUT2D eigenvalue weighted by atomic mass is 9.95. The molecule has 18 heavy (non-hydrogen) atoms. The summed E-state index contributed by atoms with van der Waals surface area (Å²) in [7, 11) is 1.78. The fourth-order valence-electron chi connectivity index (χ4n) is 2.70. The molecule has 0 bridgehead atoms. The molecule has 1 unspecified atom stereocenters. The van der Waals surface area contributed by atoms with Crippen LogP contribution in [0, 0.1) is 0 Å². The van der Waals surface area contributed by atoms with Crippen LogP contribution in [0.15, 0.2) is 16.6 Å². The molecule has 100 valence electrons. The van der Waals surface area contributed by atoms with Crippen LogP contribution in [0.4, 0.5) is 0 Å². The van der Waals surface area contributed by atoms with Crippen LogP contribution in [0.3, 0.4) is 0 Å². The van der Waals surface area contributed by atoms with Crippen LogP contribution in [0.25, 0.3) is 0 Å². The molecule has 1 aromatic rings. The smallest absolute Gasteiger partial charge is 0.125 e. The van der Waals surface area contributed by atoms with Gasteiger partial charge in [0.1, 0.15) is 5.75 Å². The van der Waals surface area contributed by atoms with E-state index in [9.17, 15) is 0 Å². The van der Waals surface area contributed by atoms with E-state index in [1.165, 1.54) is 24.0 Å². The van der Waals surface area contributed by atoms with E-state index in [1.807, 2.05) is 0 Å². The van der Waals surface area contributed by atoms with Crippen LogP contribution in [0.5, 0.6) is 5.75 Å². The molecular weight excluding hydrogens is 290 g/mol. The summed E-state index contributed by atoms with van der Waals surface area (Å²) in [6.45, 7) is 5.57. The highest BCUT2D eigenvalue weighted by molar-refractivity contribution is 9.10. The van der Waals surface area contributed by atoms with Crippen molar-refractivity contribution >= 4 is 15.9 Å². The fraction of sp³-hybridized carbons (Fsp3) is 0.600. The second-order valence-electron chi connectivity index (χ2n) is 5.34. The zero-order valence-electron chi connectivity index (χ0n) is 11.4. The lowest BCUT2D eigenvalue weighted by molar-refractivity contribution is 0.399. The Morgan fingerprint density at radius 3 is 2.78 bits per heavy atom. The fourth-order valence-corrected chi connectivity index (χ4v) is 3.22. The van der Waals surface area contributed by atoms with E-state index in [-0.39, 0.29) is 0 Å². The molecule has 1 fully saturated rings. The van der Waals surface area contributed by atoms with Gasteiger partial charge in [0.15, 0.2) is 0 Å². The second kappa shape index (κ2) is 6.07. The maximum atomic E-state index is 5.65. The van der Waals surface area contributed by atoms with E-state index in [4.69, 9.17) is 4.74 Å². The third kappa shape index (κ3) is 3.07. The minimum Gasteiger partial charge on any atom is -0.496 e. The van der Waals surface area contributed by atoms with Crippen LogP contribution in [-0.2, 0) is 6.42 Å². The zero-order chi connectivity index (χ0) is 13.1. The van der Waals surface area contributed by atoms with Crippen molar-refractivity contribution in [2.75, 3.05) is 13.7 Å². The summed E-state index contributed by atoms with van der Waals surface area (Å²) >= 11 is 3.62. The highest BCUT2D eigenvalue weighted by Crippen LogP contribution is 2.34. The molecule has 2 nitrogen and oxygen atoms in total. The maximum absolute atomic E-state index is 5.65. The van der Waals surface area contributed by atoms with Crippen molar-refractivity contribution in [1.82, 2.24) is 5.32 Å². The Morgan fingerprint density at radius 2 is 2.22 bits per heavy atom. The average Bonchev–Trinajstić information content (AvgIpc) is 2.81. The molecular formula is C15H22BrNO. The van der Waals surface area contributed by atoms with Crippen molar-refractivity contribution in [1.29, 1.82) is 0 Å². The van der Waals surface area contributed by atoms with Crippen molar-refractivity contribution in [3.63, 3.8) is 0 Å². The number of benzene rings is 1. The molecule has 3 heteroatoms. The van der Waals surface area contributed by atoms with Crippen molar-refractivity contribution < 1.29 is 4.74 Å². The first-order valence-electron chi connectivity index (χ1n) is 6.71. The molecule has 1 heterocycles. The molecule has 0 aromatic heterocycles. The summed E-state index contributed by atoms with van der Waals surface area (Å²) in [5.41, 5.74) is 2.61. The van der Waals surface area contributed by atoms with Crippen LogP contribution < -0.4 is 10.1 Å². The summed E-state index contributed by atoms with van der Waals surface area (Å²) in [4.78, 5) is 0. The van der Waals surface area contributed by atoms with Gasteiger partial charge in [-0.3, -0.25) is 0 Å². The summed E-state index contributed by atoms with van der Waals surface area (Å²) in [6.07, 6.45) is 3.62. The lowest BCUT2D eigenvalue weighted by Crippen LogP contribution is -2.24. The van der Waals surface area contributed by atoms with Gasteiger partial charge >= 0.3 is 0 Å². The Kier molecular flexibility index (Phi) is 4.68. The topological polar surface area (TPSA) is 21.3 Å². The molecule has 0 saturated carbocycles. The van der Waals surface area contributed by atoms with Gasteiger partial charge in [0.25, 0.3) is 0 Å².